The minimum absolute atomic E-state index is 0.189. The summed E-state index contributed by atoms with van der Waals surface area (Å²) < 4.78 is 0. The Morgan fingerprint density at radius 1 is 1.07 bits per heavy atom. The molecule has 2 aliphatic rings. The normalized spacial score (nSPS) is 36.8. The lowest BCUT2D eigenvalue weighted by atomic mass is 9.54. The molecule has 88 valence electrons. The molecule has 0 bridgehead atoms. The lowest BCUT2D eigenvalue weighted by Gasteiger charge is -2.49. The minimum atomic E-state index is -0.232. The Hall–Kier alpha value is -0.0800. The molecule has 0 aromatic heterocycles. The fraction of sp³-hybridized carbons (Fsp3) is 1.00. The topological polar surface area (TPSA) is 25.1 Å². The van der Waals surface area contributed by atoms with Gasteiger partial charge in [-0.1, -0.05) is 40.5 Å². The van der Waals surface area contributed by atoms with Gasteiger partial charge in [0.05, 0.1) is 0 Å². The van der Waals surface area contributed by atoms with Gasteiger partial charge >= 0.3 is 0 Å². The van der Waals surface area contributed by atoms with Crippen LogP contribution in [0.5, 0.6) is 0 Å². The largest absolute Gasteiger partial charge is 0.240 e. The third kappa shape index (κ3) is 1.53. The number of hydrogen-bond acceptors (Lipinski definition) is 2. The summed E-state index contributed by atoms with van der Waals surface area (Å²) in [6, 6.07) is 0. The molecule has 2 heteroatoms. The Morgan fingerprint density at radius 3 is 2.27 bits per heavy atom. The third-order valence-corrected chi connectivity index (χ3v) is 4.96. The lowest BCUT2D eigenvalue weighted by molar-refractivity contribution is -0.0622. The maximum atomic E-state index is 5.39. The van der Waals surface area contributed by atoms with E-state index in [1.165, 1.54) is 32.1 Å². The Balaban J connectivity index is 2.21. The Bertz CT molecular complexity index is 235. The Morgan fingerprint density at radius 2 is 1.73 bits per heavy atom. The molecule has 0 radical (unpaired) electrons. The van der Waals surface area contributed by atoms with Crippen LogP contribution >= 0.6 is 0 Å². The highest BCUT2D eigenvalue weighted by Crippen LogP contribution is 2.64. The van der Waals surface area contributed by atoms with Crippen molar-refractivity contribution < 1.29 is 9.78 Å². The van der Waals surface area contributed by atoms with Gasteiger partial charge in [-0.2, -0.15) is 9.78 Å². The summed E-state index contributed by atoms with van der Waals surface area (Å²) in [5.41, 5.74) is 0.519. The third-order valence-electron chi connectivity index (χ3n) is 4.96. The van der Waals surface area contributed by atoms with Crippen molar-refractivity contribution in [1.29, 1.82) is 0 Å². The molecular weight excluding hydrogens is 188 g/mol. The highest BCUT2D eigenvalue weighted by Gasteiger charge is 2.68. The van der Waals surface area contributed by atoms with Crippen LogP contribution < -0.4 is 0 Å². The van der Waals surface area contributed by atoms with Gasteiger partial charge in [0.15, 0.2) is 0 Å². The van der Waals surface area contributed by atoms with Gasteiger partial charge < -0.3 is 0 Å². The second-order valence-electron chi connectivity index (χ2n) is 6.09. The smallest absolute Gasteiger partial charge is 0.194 e. The predicted octanol–water partition coefficient (Wildman–Crippen LogP) is 4.05. The number of unbranched alkanes of at least 4 members (excludes halogenated alkanes) is 1. The van der Waals surface area contributed by atoms with E-state index in [0.717, 1.165) is 6.42 Å². The monoisotopic (exact) mass is 212 g/mol. The van der Waals surface area contributed by atoms with Gasteiger partial charge in [0.1, 0.15) is 0 Å². The van der Waals surface area contributed by atoms with Gasteiger partial charge in [0, 0.05) is 11.8 Å². The molecular formula is C13H24O2. The molecule has 1 spiro atoms. The van der Waals surface area contributed by atoms with Crippen LogP contribution in [-0.2, 0) is 9.78 Å². The van der Waals surface area contributed by atoms with Gasteiger partial charge in [-0.25, -0.2) is 0 Å². The van der Waals surface area contributed by atoms with E-state index in [-0.39, 0.29) is 11.2 Å². The van der Waals surface area contributed by atoms with Crippen molar-refractivity contribution in [3.8, 4) is 0 Å². The highest BCUT2D eigenvalue weighted by atomic mass is 17.4. The molecule has 1 heterocycles. The summed E-state index contributed by atoms with van der Waals surface area (Å²) in [5.74, 6) is -0.232. The molecule has 0 N–H and O–H groups in total. The van der Waals surface area contributed by atoms with E-state index < -0.39 is 0 Å². The first-order chi connectivity index (χ1) is 6.97. The standard InChI is InChI=1S/C13H24O2/c1-5-6-9-12(4)11(2,3)8-7-10-13(12)14-15-13/h5-10H2,1-4H3. The molecule has 1 saturated heterocycles. The van der Waals surface area contributed by atoms with E-state index in [1.807, 2.05) is 0 Å². The van der Waals surface area contributed by atoms with E-state index in [2.05, 4.69) is 27.7 Å². The van der Waals surface area contributed by atoms with Gasteiger partial charge in [-0.05, 0) is 24.7 Å². The van der Waals surface area contributed by atoms with Crippen molar-refractivity contribution in [2.24, 2.45) is 10.8 Å². The Labute approximate surface area is 93.3 Å². The van der Waals surface area contributed by atoms with Crippen molar-refractivity contribution in [3.63, 3.8) is 0 Å². The summed E-state index contributed by atoms with van der Waals surface area (Å²) in [5, 5.41) is 0. The second kappa shape index (κ2) is 3.46. The molecule has 1 atom stereocenters. The zero-order valence-electron chi connectivity index (χ0n) is 10.6. The maximum absolute atomic E-state index is 5.39. The van der Waals surface area contributed by atoms with E-state index >= 15 is 0 Å². The first-order valence-electron chi connectivity index (χ1n) is 6.34. The van der Waals surface area contributed by atoms with E-state index in [0.29, 0.717) is 5.41 Å². The van der Waals surface area contributed by atoms with Crippen LogP contribution in [0, 0.1) is 10.8 Å². The minimum Gasteiger partial charge on any atom is -0.194 e. The average molecular weight is 212 g/mol. The van der Waals surface area contributed by atoms with Gasteiger partial charge in [-0.15, -0.1) is 0 Å². The molecule has 1 aliphatic carbocycles. The second-order valence-corrected chi connectivity index (χ2v) is 6.09. The predicted molar refractivity (Wildman–Crippen MR) is 60.2 cm³/mol. The van der Waals surface area contributed by atoms with Gasteiger partial charge in [-0.3, -0.25) is 0 Å². The first-order valence-corrected chi connectivity index (χ1v) is 6.34. The van der Waals surface area contributed by atoms with Crippen molar-refractivity contribution in [2.45, 2.75) is 72.0 Å². The van der Waals surface area contributed by atoms with Crippen LogP contribution in [0.1, 0.15) is 66.2 Å². The zero-order chi connectivity index (χ0) is 11.2. The summed E-state index contributed by atoms with van der Waals surface area (Å²) in [4.78, 5) is 10.8. The summed E-state index contributed by atoms with van der Waals surface area (Å²) in [6.07, 6.45) is 7.35. The van der Waals surface area contributed by atoms with E-state index in [1.54, 1.807) is 0 Å². The molecule has 15 heavy (non-hydrogen) atoms. The fourth-order valence-electron chi connectivity index (χ4n) is 3.21. The molecule has 0 aromatic rings. The summed E-state index contributed by atoms with van der Waals surface area (Å²) >= 11 is 0. The SMILES string of the molecule is CCCCC1(C)C(C)(C)CCCC12OO2. The molecule has 2 nitrogen and oxygen atoms in total. The van der Waals surface area contributed by atoms with Gasteiger partial charge in [0.25, 0.3) is 0 Å². The number of hydrogen-bond donors (Lipinski definition) is 0. The van der Waals surface area contributed by atoms with Crippen molar-refractivity contribution in [3.05, 3.63) is 0 Å². The zero-order valence-corrected chi connectivity index (χ0v) is 10.6. The highest BCUT2D eigenvalue weighted by molar-refractivity contribution is 5.05. The van der Waals surface area contributed by atoms with Crippen molar-refractivity contribution >= 4 is 0 Å². The molecule has 1 aliphatic heterocycles. The average Bonchev–Trinajstić information content (AvgIpc) is 2.93. The summed E-state index contributed by atoms with van der Waals surface area (Å²) in [6.45, 7) is 9.35. The lowest BCUT2D eigenvalue weighted by Crippen LogP contribution is -2.50. The number of rotatable bonds is 3. The first kappa shape index (κ1) is 11.4. The van der Waals surface area contributed by atoms with Crippen LogP contribution in [-0.4, -0.2) is 5.79 Å². The summed E-state index contributed by atoms with van der Waals surface area (Å²) in [7, 11) is 0. The van der Waals surface area contributed by atoms with Crippen LogP contribution in [0.15, 0.2) is 0 Å². The molecule has 0 aromatic carbocycles. The van der Waals surface area contributed by atoms with E-state index in [9.17, 15) is 0 Å². The molecule has 1 unspecified atom stereocenters. The van der Waals surface area contributed by atoms with Crippen molar-refractivity contribution in [1.82, 2.24) is 0 Å². The van der Waals surface area contributed by atoms with E-state index in [4.69, 9.17) is 9.78 Å². The molecule has 2 fully saturated rings. The molecule has 1 saturated carbocycles. The van der Waals surface area contributed by atoms with Crippen LogP contribution in [0.2, 0.25) is 0 Å². The van der Waals surface area contributed by atoms with Crippen LogP contribution in [0.4, 0.5) is 0 Å². The van der Waals surface area contributed by atoms with Crippen LogP contribution in [0.3, 0.4) is 0 Å². The maximum Gasteiger partial charge on any atom is 0.240 e. The van der Waals surface area contributed by atoms with Crippen LogP contribution in [0.25, 0.3) is 0 Å². The quantitative estimate of drug-likeness (QED) is 0.521. The molecule has 0 amide bonds. The Kier molecular flexibility index (Phi) is 2.63. The fourth-order valence-corrected chi connectivity index (χ4v) is 3.21. The van der Waals surface area contributed by atoms with Crippen molar-refractivity contribution in [2.75, 3.05) is 0 Å². The van der Waals surface area contributed by atoms with Gasteiger partial charge in [0.2, 0.25) is 5.79 Å². The molecule has 2 rings (SSSR count).